The predicted molar refractivity (Wildman–Crippen MR) is 93.3 cm³/mol. The maximum Gasteiger partial charge on any atom is 0.258 e. The zero-order chi connectivity index (χ0) is 17.4. The quantitative estimate of drug-likeness (QED) is 0.755. The molecule has 126 valence electrons. The van der Waals surface area contributed by atoms with Crippen LogP contribution in [0.5, 0.6) is 0 Å². The van der Waals surface area contributed by atoms with Gasteiger partial charge in [0.2, 0.25) is 0 Å². The number of nitrogens with two attached hydrogens (primary N) is 1. The van der Waals surface area contributed by atoms with Gasteiger partial charge in [-0.1, -0.05) is 41.6 Å². The molecule has 0 saturated carbocycles. The van der Waals surface area contributed by atoms with Crippen molar-refractivity contribution in [1.82, 2.24) is 20.6 Å². The van der Waals surface area contributed by atoms with Crippen LogP contribution in [0.1, 0.15) is 33.7 Å². The minimum absolute atomic E-state index is 0.0644. The molecular formula is C18H18N6O. The van der Waals surface area contributed by atoms with Crippen molar-refractivity contribution in [1.29, 1.82) is 0 Å². The molecule has 0 bridgehead atoms. The number of aromatic amines is 1. The second-order valence-corrected chi connectivity index (χ2v) is 6.11. The van der Waals surface area contributed by atoms with Crippen LogP contribution in [0, 0.1) is 0 Å². The van der Waals surface area contributed by atoms with Crippen molar-refractivity contribution in [2.45, 2.75) is 11.8 Å². The van der Waals surface area contributed by atoms with Crippen LogP contribution in [0.15, 0.2) is 48.5 Å². The number of carbonyl (C=O) groups is 1. The molecule has 1 atom stereocenters. The number of fused-ring (bicyclic) bond motifs is 2. The topological polar surface area (TPSA) is 101 Å². The number of anilines is 1. The van der Waals surface area contributed by atoms with E-state index >= 15 is 0 Å². The molecule has 25 heavy (non-hydrogen) atoms. The van der Waals surface area contributed by atoms with E-state index in [1.54, 1.807) is 11.9 Å². The van der Waals surface area contributed by atoms with Gasteiger partial charge in [-0.05, 0) is 36.2 Å². The van der Waals surface area contributed by atoms with Crippen LogP contribution in [0.2, 0.25) is 0 Å². The molecule has 1 unspecified atom stereocenters. The van der Waals surface area contributed by atoms with E-state index in [4.69, 9.17) is 5.73 Å². The van der Waals surface area contributed by atoms with Gasteiger partial charge in [-0.2, -0.15) is 5.21 Å². The summed E-state index contributed by atoms with van der Waals surface area (Å²) >= 11 is 0. The Bertz CT molecular complexity index is 923. The molecule has 1 amide bonds. The van der Waals surface area contributed by atoms with E-state index in [2.05, 4.69) is 20.6 Å². The third-order valence-corrected chi connectivity index (χ3v) is 4.89. The van der Waals surface area contributed by atoms with Gasteiger partial charge in [0.1, 0.15) is 0 Å². The molecule has 1 aliphatic rings. The Kier molecular flexibility index (Phi) is 3.58. The lowest BCUT2D eigenvalue weighted by molar-refractivity contribution is 0.0992. The number of amides is 1. The fraction of sp³-hybridized carbons (Fsp3) is 0.222. The predicted octanol–water partition coefficient (Wildman–Crippen LogP) is 1.47. The number of benzene rings is 2. The highest BCUT2D eigenvalue weighted by Gasteiger charge is 2.46. The van der Waals surface area contributed by atoms with E-state index in [0.29, 0.717) is 24.4 Å². The fourth-order valence-corrected chi connectivity index (χ4v) is 3.79. The Morgan fingerprint density at radius 3 is 2.56 bits per heavy atom. The summed E-state index contributed by atoms with van der Waals surface area (Å²) in [5.41, 5.74) is 8.50. The Morgan fingerprint density at radius 2 is 1.84 bits per heavy atom. The number of nitrogens with zero attached hydrogens (tertiary/aromatic N) is 4. The molecule has 2 heterocycles. The first-order chi connectivity index (χ1) is 12.2. The van der Waals surface area contributed by atoms with E-state index in [0.717, 1.165) is 16.8 Å². The van der Waals surface area contributed by atoms with E-state index < -0.39 is 5.41 Å². The van der Waals surface area contributed by atoms with Crippen LogP contribution in [0.25, 0.3) is 0 Å². The van der Waals surface area contributed by atoms with Gasteiger partial charge >= 0.3 is 0 Å². The summed E-state index contributed by atoms with van der Waals surface area (Å²) in [6.45, 7) is 0.412. The van der Waals surface area contributed by atoms with E-state index in [-0.39, 0.29) is 5.91 Å². The van der Waals surface area contributed by atoms with Crippen LogP contribution < -0.4 is 10.6 Å². The molecule has 2 aromatic carbocycles. The van der Waals surface area contributed by atoms with Crippen LogP contribution in [0.3, 0.4) is 0 Å². The van der Waals surface area contributed by atoms with E-state index in [9.17, 15) is 4.79 Å². The Balaban J connectivity index is 2.17. The minimum Gasteiger partial charge on any atom is -0.330 e. The SMILES string of the molecule is CN1C(=O)c2ccccc2C(CCN)(c2nn[nH]n2)c2ccccc21. The van der Waals surface area contributed by atoms with E-state index in [1.165, 1.54) is 0 Å². The van der Waals surface area contributed by atoms with Crippen molar-refractivity contribution in [3.8, 4) is 0 Å². The van der Waals surface area contributed by atoms with Crippen LogP contribution in [-0.2, 0) is 5.41 Å². The Labute approximate surface area is 144 Å². The summed E-state index contributed by atoms with van der Waals surface area (Å²) in [5, 5.41) is 14.9. The molecule has 0 fully saturated rings. The number of H-pyrrole nitrogens is 1. The number of tetrazole rings is 1. The van der Waals surface area contributed by atoms with Gasteiger partial charge in [0.25, 0.3) is 5.91 Å². The van der Waals surface area contributed by atoms with Crippen molar-refractivity contribution in [2.24, 2.45) is 5.73 Å². The van der Waals surface area contributed by atoms with Gasteiger partial charge < -0.3 is 10.6 Å². The van der Waals surface area contributed by atoms with Gasteiger partial charge in [0.15, 0.2) is 5.82 Å². The highest BCUT2D eigenvalue weighted by molar-refractivity contribution is 6.09. The highest BCUT2D eigenvalue weighted by Crippen LogP contribution is 2.47. The van der Waals surface area contributed by atoms with Gasteiger partial charge in [-0.25, -0.2) is 0 Å². The molecule has 0 saturated heterocycles. The average Bonchev–Trinajstić information content (AvgIpc) is 3.18. The van der Waals surface area contributed by atoms with Crippen molar-refractivity contribution >= 4 is 11.6 Å². The lowest BCUT2D eigenvalue weighted by atomic mass is 9.69. The van der Waals surface area contributed by atoms with Gasteiger partial charge in [0.05, 0.1) is 5.41 Å². The Hall–Kier alpha value is -3.06. The summed E-state index contributed by atoms with van der Waals surface area (Å²) in [6.07, 6.45) is 0.557. The van der Waals surface area contributed by atoms with Crippen LogP contribution >= 0.6 is 0 Å². The zero-order valence-electron chi connectivity index (χ0n) is 13.8. The van der Waals surface area contributed by atoms with Gasteiger partial charge in [-0.3, -0.25) is 4.79 Å². The second-order valence-electron chi connectivity index (χ2n) is 6.11. The van der Waals surface area contributed by atoms with E-state index in [1.807, 2.05) is 48.5 Å². The lowest BCUT2D eigenvalue weighted by Gasteiger charge is -2.32. The minimum atomic E-state index is -0.741. The summed E-state index contributed by atoms with van der Waals surface area (Å²) in [7, 11) is 1.78. The normalized spacial score (nSPS) is 19.3. The monoisotopic (exact) mass is 334 g/mol. The largest absolute Gasteiger partial charge is 0.330 e. The third kappa shape index (κ3) is 2.09. The maximum absolute atomic E-state index is 13.1. The third-order valence-electron chi connectivity index (χ3n) is 4.89. The second kappa shape index (κ2) is 5.78. The number of para-hydroxylation sites is 1. The molecule has 3 N–H and O–H groups in total. The van der Waals surface area contributed by atoms with Gasteiger partial charge in [0, 0.05) is 18.3 Å². The maximum atomic E-state index is 13.1. The number of hydrogen-bond acceptors (Lipinski definition) is 5. The number of carbonyl (C=O) groups excluding carboxylic acids is 1. The number of rotatable bonds is 3. The first-order valence-corrected chi connectivity index (χ1v) is 8.11. The molecule has 1 aromatic heterocycles. The molecule has 4 rings (SSSR count). The molecule has 3 aromatic rings. The molecule has 0 spiro atoms. The van der Waals surface area contributed by atoms with Crippen molar-refractivity contribution in [3.05, 3.63) is 71.0 Å². The average molecular weight is 334 g/mol. The smallest absolute Gasteiger partial charge is 0.258 e. The van der Waals surface area contributed by atoms with Crippen molar-refractivity contribution < 1.29 is 4.79 Å². The summed E-state index contributed by atoms with van der Waals surface area (Å²) < 4.78 is 0. The number of hydrogen-bond donors (Lipinski definition) is 2. The summed E-state index contributed by atoms with van der Waals surface area (Å²) in [6, 6.07) is 15.4. The van der Waals surface area contributed by atoms with Crippen molar-refractivity contribution in [3.63, 3.8) is 0 Å². The standard InChI is InChI=1S/C18H18N6O/c1-24-15-9-5-4-8-14(15)18(10-11-19,17-20-22-23-21-17)13-7-3-2-6-12(13)16(24)25/h2-9H,10-11,19H2,1H3,(H,20,21,22,23). The first kappa shape index (κ1) is 15.5. The molecule has 0 radical (unpaired) electrons. The molecule has 7 nitrogen and oxygen atoms in total. The Morgan fingerprint density at radius 1 is 1.12 bits per heavy atom. The van der Waals surface area contributed by atoms with Gasteiger partial charge in [-0.15, -0.1) is 10.2 Å². The molecule has 0 aliphatic carbocycles. The highest BCUT2D eigenvalue weighted by atomic mass is 16.2. The molecular weight excluding hydrogens is 316 g/mol. The number of aromatic nitrogens is 4. The van der Waals surface area contributed by atoms with Crippen LogP contribution in [0.4, 0.5) is 5.69 Å². The number of nitrogens with one attached hydrogen (secondary N) is 1. The first-order valence-electron chi connectivity index (χ1n) is 8.11. The van der Waals surface area contributed by atoms with Crippen LogP contribution in [-0.4, -0.2) is 40.1 Å². The summed E-state index contributed by atoms with van der Waals surface area (Å²) in [5.74, 6) is 0.450. The lowest BCUT2D eigenvalue weighted by Crippen LogP contribution is -2.34. The fourth-order valence-electron chi connectivity index (χ4n) is 3.79. The molecule has 7 heteroatoms. The zero-order valence-corrected chi connectivity index (χ0v) is 13.8. The molecule has 1 aliphatic heterocycles. The van der Waals surface area contributed by atoms with Crippen molar-refractivity contribution in [2.75, 3.05) is 18.5 Å². The summed E-state index contributed by atoms with van der Waals surface area (Å²) in [4.78, 5) is 14.8.